The van der Waals surface area contributed by atoms with Gasteiger partial charge in [0.1, 0.15) is 17.9 Å². The Kier molecular flexibility index (Phi) is 11.3. The average Bonchev–Trinajstić information content (AvgIpc) is 2.98. The van der Waals surface area contributed by atoms with Crippen molar-refractivity contribution in [3.63, 3.8) is 0 Å². The number of rotatable bonds is 9. The van der Waals surface area contributed by atoms with Crippen molar-refractivity contribution in [2.45, 2.75) is 13.5 Å². The van der Waals surface area contributed by atoms with E-state index in [4.69, 9.17) is 27.9 Å². The van der Waals surface area contributed by atoms with E-state index in [0.717, 1.165) is 22.2 Å². The fourth-order valence-electron chi connectivity index (χ4n) is 4.00. The lowest BCUT2D eigenvalue weighted by molar-refractivity contribution is -0.122. The predicted octanol–water partition coefficient (Wildman–Crippen LogP) is 6.00. The summed E-state index contributed by atoms with van der Waals surface area (Å²) in [6, 6.07) is 19.6. The number of carbonyl (C=O) groups is 3. The van der Waals surface area contributed by atoms with Crippen molar-refractivity contribution in [3.05, 3.63) is 105 Å². The van der Waals surface area contributed by atoms with Gasteiger partial charge in [0.25, 0.3) is 5.91 Å². The van der Waals surface area contributed by atoms with Gasteiger partial charge in [0.15, 0.2) is 0 Å². The summed E-state index contributed by atoms with van der Waals surface area (Å²) in [5.41, 5.74) is 3.78. The van der Waals surface area contributed by atoms with Crippen LogP contribution in [0.3, 0.4) is 0 Å². The molecule has 0 radical (unpaired) electrons. The topological polar surface area (TPSA) is 101 Å². The Bertz CT molecular complexity index is 1640. The molecule has 0 aliphatic rings. The first-order chi connectivity index (χ1) is 19.7. The fourth-order valence-corrected chi connectivity index (χ4v) is 4.60. The molecule has 218 valence electrons. The van der Waals surface area contributed by atoms with Gasteiger partial charge >= 0.3 is 0 Å². The molecule has 0 saturated heterocycles. The van der Waals surface area contributed by atoms with Crippen LogP contribution >= 0.6 is 35.6 Å². The van der Waals surface area contributed by atoms with Crippen molar-refractivity contribution in [2.24, 2.45) is 0 Å². The minimum Gasteiger partial charge on any atom is -0.487 e. The molecule has 8 nitrogen and oxygen atoms in total. The number of hydrogen-bond donors (Lipinski definition) is 2. The number of benzene rings is 3. The number of pyridine rings is 1. The summed E-state index contributed by atoms with van der Waals surface area (Å²) in [5.74, 6) is -0.436. The number of hydrogen-bond acceptors (Lipinski definition) is 5. The van der Waals surface area contributed by atoms with Gasteiger partial charge in [-0.05, 0) is 55.0 Å². The number of nitrogens with one attached hydrogen (secondary N) is 2. The SMILES string of the molecule is CNC(=O)c1ccc(/C=C/C(=O)NCC(=O)N(C)c2ccc(Cl)c(COc3cccc4ccc(C)nc34)c2Cl)cc1.Cl. The quantitative estimate of drug-likeness (QED) is 0.222. The Hall–Kier alpha value is -4.11. The molecule has 0 atom stereocenters. The monoisotopic (exact) mass is 626 g/mol. The number of fused-ring (bicyclic) bond motifs is 1. The highest BCUT2D eigenvalue weighted by atomic mass is 35.5. The molecule has 0 bridgehead atoms. The summed E-state index contributed by atoms with van der Waals surface area (Å²) in [5, 5.41) is 6.73. The van der Waals surface area contributed by atoms with Gasteiger partial charge in [0.05, 0.1) is 17.3 Å². The highest BCUT2D eigenvalue weighted by molar-refractivity contribution is 6.38. The summed E-state index contributed by atoms with van der Waals surface area (Å²) in [4.78, 5) is 42.8. The number of carbonyl (C=O) groups excluding carboxylic acids is 3. The minimum atomic E-state index is -0.447. The third-order valence-electron chi connectivity index (χ3n) is 6.34. The molecule has 4 aromatic rings. The molecule has 0 unspecified atom stereocenters. The van der Waals surface area contributed by atoms with E-state index in [0.29, 0.717) is 27.6 Å². The van der Waals surface area contributed by atoms with Crippen LogP contribution in [0.15, 0.2) is 72.8 Å². The molecule has 0 aliphatic carbocycles. The Morgan fingerprint density at radius 1 is 1.00 bits per heavy atom. The first kappa shape index (κ1) is 32.4. The van der Waals surface area contributed by atoms with Crippen LogP contribution in [0.1, 0.15) is 27.2 Å². The van der Waals surface area contributed by atoms with Crippen molar-refractivity contribution in [2.75, 3.05) is 25.5 Å². The van der Waals surface area contributed by atoms with E-state index in [2.05, 4.69) is 15.6 Å². The highest BCUT2D eigenvalue weighted by Gasteiger charge is 2.19. The van der Waals surface area contributed by atoms with E-state index in [-0.39, 0.29) is 42.4 Å². The maximum Gasteiger partial charge on any atom is 0.251 e. The van der Waals surface area contributed by atoms with Crippen molar-refractivity contribution in [3.8, 4) is 5.75 Å². The third-order valence-corrected chi connectivity index (χ3v) is 7.11. The van der Waals surface area contributed by atoms with Gasteiger partial charge in [-0.25, -0.2) is 4.98 Å². The summed E-state index contributed by atoms with van der Waals surface area (Å²) >= 11 is 13.1. The Labute approximate surface area is 260 Å². The number of amides is 3. The summed E-state index contributed by atoms with van der Waals surface area (Å²) in [7, 11) is 3.12. The molecule has 0 aliphatic heterocycles. The second-order valence-corrected chi connectivity index (χ2v) is 9.92. The predicted molar refractivity (Wildman–Crippen MR) is 170 cm³/mol. The molecule has 3 aromatic carbocycles. The molecular formula is C31H29Cl3N4O4. The lowest BCUT2D eigenvalue weighted by Gasteiger charge is -2.21. The second kappa shape index (κ2) is 14.7. The molecule has 1 heterocycles. The molecule has 42 heavy (non-hydrogen) atoms. The smallest absolute Gasteiger partial charge is 0.251 e. The van der Waals surface area contributed by atoms with Crippen molar-refractivity contribution in [1.29, 1.82) is 0 Å². The molecule has 0 fully saturated rings. The largest absolute Gasteiger partial charge is 0.487 e. The maximum atomic E-state index is 12.9. The maximum absolute atomic E-state index is 12.9. The minimum absolute atomic E-state index is 0. The second-order valence-electron chi connectivity index (χ2n) is 9.13. The molecular weight excluding hydrogens is 599 g/mol. The Morgan fingerprint density at radius 3 is 2.45 bits per heavy atom. The van der Waals surface area contributed by atoms with Crippen LogP contribution in [-0.2, 0) is 16.2 Å². The third kappa shape index (κ3) is 7.79. The van der Waals surface area contributed by atoms with E-state index < -0.39 is 5.91 Å². The van der Waals surface area contributed by atoms with E-state index in [9.17, 15) is 14.4 Å². The normalized spacial score (nSPS) is 10.7. The van der Waals surface area contributed by atoms with Crippen LogP contribution in [0.25, 0.3) is 17.0 Å². The van der Waals surface area contributed by atoms with Gasteiger partial charge in [0.2, 0.25) is 11.8 Å². The van der Waals surface area contributed by atoms with Gasteiger partial charge in [-0.15, -0.1) is 12.4 Å². The van der Waals surface area contributed by atoms with E-state index >= 15 is 0 Å². The van der Waals surface area contributed by atoms with E-state index in [1.807, 2.05) is 37.3 Å². The summed E-state index contributed by atoms with van der Waals surface area (Å²) < 4.78 is 6.06. The van der Waals surface area contributed by atoms with E-state index in [1.54, 1.807) is 56.6 Å². The average molecular weight is 628 g/mol. The zero-order valence-corrected chi connectivity index (χ0v) is 25.4. The Morgan fingerprint density at radius 2 is 1.74 bits per heavy atom. The van der Waals surface area contributed by atoms with Gasteiger partial charge in [-0.2, -0.15) is 0 Å². The summed E-state index contributed by atoms with van der Waals surface area (Å²) in [6.07, 6.45) is 2.91. The van der Waals surface area contributed by atoms with Gasteiger partial charge in [0, 0.05) is 47.4 Å². The molecule has 3 amide bonds. The molecule has 11 heteroatoms. The van der Waals surface area contributed by atoms with E-state index in [1.165, 1.54) is 11.0 Å². The zero-order valence-electron chi connectivity index (χ0n) is 23.1. The number of aryl methyl sites for hydroxylation is 1. The molecule has 1 aromatic heterocycles. The zero-order chi connectivity index (χ0) is 29.5. The first-order valence-corrected chi connectivity index (χ1v) is 13.4. The highest BCUT2D eigenvalue weighted by Crippen LogP contribution is 2.35. The first-order valence-electron chi connectivity index (χ1n) is 12.7. The lowest BCUT2D eigenvalue weighted by Crippen LogP contribution is -2.37. The Balaban J connectivity index is 0.00000484. The molecule has 2 N–H and O–H groups in total. The molecule has 0 saturated carbocycles. The number of anilines is 1. The van der Waals surface area contributed by atoms with Crippen molar-refractivity contribution in [1.82, 2.24) is 15.6 Å². The van der Waals surface area contributed by atoms with Crippen LogP contribution in [0.2, 0.25) is 10.0 Å². The van der Waals surface area contributed by atoms with Crippen LogP contribution < -0.4 is 20.3 Å². The number of halogens is 3. The number of likely N-dealkylation sites (N-methyl/N-ethyl adjacent to an activating group) is 1. The molecule has 0 spiro atoms. The van der Waals surface area contributed by atoms with Crippen molar-refractivity contribution >= 4 is 76.0 Å². The van der Waals surface area contributed by atoms with Gasteiger partial charge in [-0.1, -0.05) is 53.5 Å². The molecule has 4 rings (SSSR count). The lowest BCUT2D eigenvalue weighted by atomic mass is 10.1. The number of ether oxygens (including phenoxy) is 1. The number of nitrogens with zero attached hydrogens (tertiary/aromatic N) is 2. The van der Waals surface area contributed by atoms with Crippen molar-refractivity contribution < 1.29 is 19.1 Å². The van der Waals surface area contributed by atoms with Crippen LogP contribution in [0, 0.1) is 6.92 Å². The number of aromatic nitrogens is 1. The van der Waals surface area contributed by atoms with Crippen LogP contribution in [0.4, 0.5) is 5.69 Å². The summed E-state index contributed by atoms with van der Waals surface area (Å²) in [6.45, 7) is 1.72. The van der Waals surface area contributed by atoms with Crippen LogP contribution in [0.5, 0.6) is 5.75 Å². The van der Waals surface area contributed by atoms with Gasteiger partial charge < -0.3 is 20.3 Å². The van der Waals surface area contributed by atoms with Crippen LogP contribution in [-0.4, -0.2) is 43.3 Å². The van der Waals surface area contributed by atoms with Gasteiger partial charge in [-0.3, -0.25) is 14.4 Å². The fraction of sp³-hybridized carbons (Fsp3) is 0.161. The standard InChI is InChI=1S/C31H28Cl2N4O4.ClH/c1-19-7-11-21-5-4-6-26(30(21)36-19)41-18-23-24(32)14-15-25(29(23)33)37(3)28(39)17-35-27(38)16-10-20-8-12-22(13-9-20)31(40)34-2;/h4-16H,17-18H2,1-3H3,(H,34,40)(H,35,38);1H/b16-10+;. The number of para-hydroxylation sites is 1.